The van der Waals surface area contributed by atoms with Gasteiger partial charge >= 0.3 is 0 Å². The number of hydrogen-bond donors (Lipinski definition) is 0. The molecule has 13 heavy (non-hydrogen) atoms. The Morgan fingerprint density at radius 2 is 2.62 bits per heavy atom. The Kier molecular flexibility index (Phi) is 2.96. The standard InChI is InChI=1S/C10H16N2S/c1-2-9-4-3-5-12(9)7-10-6-11-8-13-10/h6,8-9H,2-5,7H2,1H3. The van der Waals surface area contributed by atoms with Gasteiger partial charge in [-0.1, -0.05) is 6.92 Å². The topological polar surface area (TPSA) is 16.1 Å². The van der Waals surface area contributed by atoms with E-state index >= 15 is 0 Å². The maximum atomic E-state index is 4.11. The maximum absolute atomic E-state index is 4.11. The van der Waals surface area contributed by atoms with Crippen molar-refractivity contribution >= 4 is 11.3 Å². The Balaban J connectivity index is 1.94. The highest BCUT2D eigenvalue weighted by Crippen LogP contribution is 2.22. The van der Waals surface area contributed by atoms with Crippen LogP contribution in [0.25, 0.3) is 0 Å². The van der Waals surface area contributed by atoms with Crippen LogP contribution in [-0.4, -0.2) is 22.5 Å². The number of aromatic nitrogens is 1. The third-order valence-corrected chi connectivity index (χ3v) is 3.58. The van der Waals surface area contributed by atoms with Crippen molar-refractivity contribution in [1.29, 1.82) is 0 Å². The second-order valence-electron chi connectivity index (χ2n) is 3.64. The van der Waals surface area contributed by atoms with E-state index in [9.17, 15) is 0 Å². The molecule has 72 valence electrons. The van der Waals surface area contributed by atoms with E-state index in [-0.39, 0.29) is 0 Å². The van der Waals surface area contributed by atoms with Crippen LogP contribution >= 0.6 is 11.3 Å². The molecule has 1 aliphatic rings. The van der Waals surface area contributed by atoms with Crippen LogP contribution in [0.2, 0.25) is 0 Å². The van der Waals surface area contributed by atoms with E-state index in [1.807, 2.05) is 11.7 Å². The molecule has 2 rings (SSSR count). The van der Waals surface area contributed by atoms with Crippen molar-refractivity contribution in [2.45, 2.75) is 38.8 Å². The van der Waals surface area contributed by atoms with Crippen molar-refractivity contribution in [1.82, 2.24) is 9.88 Å². The van der Waals surface area contributed by atoms with Gasteiger partial charge in [0.05, 0.1) is 5.51 Å². The maximum Gasteiger partial charge on any atom is 0.0794 e. The van der Waals surface area contributed by atoms with E-state index in [2.05, 4.69) is 16.8 Å². The minimum Gasteiger partial charge on any atom is -0.295 e. The molecule has 1 atom stereocenters. The first-order valence-corrected chi connectivity index (χ1v) is 5.89. The molecule has 1 saturated heterocycles. The minimum absolute atomic E-state index is 0.821. The molecule has 1 aromatic heterocycles. The largest absolute Gasteiger partial charge is 0.295 e. The Morgan fingerprint density at radius 3 is 3.31 bits per heavy atom. The van der Waals surface area contributed by atoms with E-state index in [4.69, 9.17) is 0 Å². The molecule has 1 aliphatic heterocycles. The zero-order valence-electron chi connectivity index (χ0n) is 8.07. The first-order chi connectivity index (χ1) is 6.40. The second kappa shape index (κ2) is 4.20. The SMILES string of the molecule is CCC1CCCN1Cc1cncs1. The lowest BCUT2D eigenvalue weighted by molar-refractivity contribution is 0.242. The van der Waals surface area contributed by atoms with Crippen molar-refractivity contribution in [3.05, 3.63) is 16.6 Å². The van der Waals surface area contributed by atoms with Gasteiger partial charge in [0.1, 0.15) is 0 Å². The third kappa shape index (κ3) is 2.09. The molecule has 0 bridgehead atoms. The van der Waals surface area contributed by atoms with Crippen molar-refractivity contribution in [3.8, 4) is 0 Å². The lowest BCUT2D eigenvalue weighted by Crippen LogP contribution is -2.27. The summed E-state index contributed by atoms with van der Waals surface area (Å²) in [4.78, 5) is 8.10. The fourth-order valence-electron chi connectivity index (χ4n) is 2.09. The molecule has 2 nitrogen and oxygen atoms in total. The lowest BCUT2D eigenvalue weighted by atomic mass is 10.2. The molecule has 0 radical (unpaired) electrons. The molecule has 0 aromatic carbocycles. The molecule has 1 aromatic rings. The summed E-state index contributed by atoms with van der Waals surface area (Å²) in [6.07, 6.45) is 6.04. The number of rotatable bonds is 3. The monoisotopic (exact) mass is 196 g/mol. The number of thiazole rings is 1. The zero-order chi connectivity index (χ0) is 9.10. The summed E-state index contributed by atoms with van der Waals surface area (Å²) < 4.78 is 0. The summed E-state index contributed by atoms with van der Waals surface area (Å²) in [5, 5.41) is 0. The van der Waals surface area contributed by atoms with Gasteiger partial charge in [-0.25, -0.2) is 0 Å². The quantitative estimate of drug-likeness (QED) is 0.738. The summed E-state index contributed by atoms with van der Waals surface area (Å²) in [7, 11) is 0. The van der Waals surface area contributed by atoms with Gasteiger partial charge in [0.2, 0.25) is 0 Å². The molecular formula is C10H16N2S. The summed E-state index contributed by atoms with van der Waals surface area (Å²) in [5.74, 6) is 0. The highest BCUT2D eigenvalue weighted by molar-refractivity contribution is 7.09. The molecule has 1 unspecified atom stereocenters. The zero-order valence-corrected chi connectivity index (χ0v) is 8.89. The molecule has 2 heterocycles. The van der Waals surface area contributed by atoms with E-state index < -0.39 is 0 Å². The highest BCUT2D eigenvalue weighted by Gasteiger charge is 2.22. The number of nitrogens with zero attached hydrogens (tertiary/aromatic N) is 2. The van der Waals surface area contributed by atoms with Crippen molar-refractivity contribution in [2.24, 2.45) is 0 Å². The van der Waals surface area contributed by atoms with Gasteiger partial charge in [-0.15, -0.1) is 11.3 Å². The summed E-state index contributed by atoms with van der Waals surface area (Å²) >= 11 is 1.77. The van der Waals surface area contributed by atoms with E-state index in [0.29, 0.717) is 0 Å². The van der Waals surface area contributed by atoms with Crippen molar-refractivity contribution < 1.29 is 0 Å². The molecule has 0 N–H and O–H groups in total. The van der Waals surface area contributed by atoms with Gasteiger partial charge in [-0.2, -0.15) is 0 Å². The predicted octanol–water partition coefficient (Wildman–Crippen LogP) is 2.52. The summed E-state index contributed by atoms with van der Waals surface area (Å²) in [5.41, 5.74) is 1.92. The summed E-state index contributed by atoms with van der Waals surface area (Å²) in [6, 6.07) is 0.821. The Labute approximate surface area is 83.6 Å². The van der Waals surface area contributed by atoms with Gasteiger partial charge in [0.15, 0.2) is 0 Å². The molecule has 3 heteroatoms. The van der Waals surface area contributed by atoms with Crippen molar-refractivity contribution in [2.75, 3.05) is 6.54 Å². The van der Waals surface area contributed by atoms with E-state index in [1.165, 1.54) is 30.7 Å². The van der Waals surface area contributed by atoms with Crippen LogP contribution in [0.3, 0.4) is 0 Å². The predicted molar refractivity (Wildman–Crippen MR) is 55.8 cm³/mol. The van der Waals surface area contributed by atoms with Crippen LogP contribution in [0.4, 0.5) is 0 Å². The van der Waals surface area contributed by atoms with Gasteiger partial charge in [-0.3, -0.25) is 9.88 Å². The van der Waals surface area contributed by atoms with Crippen molar-refractivity contribution in [3.63, 3.8) is 0 Å². The van der Waals surface area contributed by atoms with Crippen LogP contribution in [0.5, 0.6) is 0 Å². The first-order valence-electron chi connectivity index (χ1n) is 5.01. The molecule has 0 saturated carbocycles. The summed E-state index contributed by atoms with van der Waals surface area (Å²) in [6.45, 7) is 4.68. The molecule has 1 fully saturated rings. The Hall–Kier alpha value is -0.410. The van der Waals surface area contributed by atoms with Crippen LogP contribution in [-0.2, 0) is 6.54 Å². The highest BCUT2D eigenvalue weighted by atomic mass is 32.1. The fraction of sp³-hybridized carbons (Fsp3) is 0.700. The fourth-order valence-corrected chi connectivity index (χ4v) is 2.71. The molecule has 0 aliphatic carbocycles. The van der Waals surface area contributed by atoms with Gasteiger partial charge in [0.25, 0.3) is 0 Å². The smallest absolute Gasteiger partial charge is 0.0794 e. The van der Waals surface area contributed by atoms with Crippen LogP contribution in [0.1, 0.15) is 31.1 Å². The first kappa shape index (κ1) is 9.16. The normalized spacial score (nSPS) is 23.9. The Morgan fingerprint density at radius 1 is 1.69 bits per heavy atom. The molecular weight excluding hydrogens is 180 g/mol. The van der Waals surface area contributed by atoms with Gasteiger partial charge in [0, 0.05) is 23.7 Å². The third-order valence-electron chi connectivity index (χ3n) is 2.81. The average Bonchev–Trinajstić information content (AvgIpc) is 2.76. The van der Waals surface area contributed by atoms with Crippen LogP contribution in [0, 0.1) is 0 Å². The number of hydrogen-bond acceptors (Lipinski definition) is 3. The van der Waals surface area contributed by atoms with E-state index in [1.54, 1.807) is 11.3 Å². The second-order valence-corrected chi connectivity index (χ2v) is 4.61. The molecule has 0 spiro atoms. The number of likely N-dealkylation sites (tertiary alicyclic amines) is 1. The van der Waals surface area contributed by atoms with Gasteiger partial charge < -0.3 is 0 Å². The Bertz CT molecular complexity index is 245. The van der Waals surface area contributed by atoms with Gasteiger partial charge in [-0.05, 0) is 25.8 Å². The van der Waals surface area contributed by atoms with Crippen LogP contribution < -0.4 is 0 Å². The minimum atomic E-state index is 0.821. The van der Waals surface area contributed by atoms with E-state index in [0.717, 1.165) is 12.6 Å². The lowest BCUT2D eigenvalue weighted by Gasteiger charge is -2.21. The average molecular weight is 196 g/mol. The molecule has 0 amide bonds. The van der Waals surface area contributed by atoms with Crippen LogP contribution in [0.15, 0.2) is 11.7 Å².